The number of sulfone groups is 1. The molecule has 1 aliphatic carbocycles. The van der Waals surface area contributed by atoms with Crippen LogP contribution in [0.1, 0.15) is 11.5 Å². The van der Waals surface area contributed by atoms with Gasteiger partial charge in [0.15, 0.2) is 9.84 Å². The van der Waals surface area contributed by atoms with Gasteiger partial charge in [-0.1, -0.05) is 23.7 Å². The monoisotopic (exact) mass is 274 g/mol. The van der Waals surface area contributed by atoms with E-state index in [2.05, 4.69) is 0 Å². The quantitative estimate of drug-likeness (QED) is 0.841. The van der Waals surface area contributed by atoms with Crippen LogP contribution in [0.2, 0.25) is 5.02 Å². The number of nitrogens with two attached hydrogens (primary N) is 2. The van der Waals surface area contributed by atoms with E-state index in [0.717, 1.165) is 5.56 Å². The zero-order valence-corrected chi connectivity index (χ0v) is 11.0. The molecule has 3 atom stereocenters. The fourth-order valence-electron chi connectivity index (χ4n) is 2.50. The van der Waals surface area contributed by atoms with Crippen LogP contribution in [-0.2, 0) is 9.84 Å². The summed E-state index contributed by atoms with van der Waals surface area (Å²) in [6.07, 6.45) is 1.19. The van der Waals surface area contributed by atoms with Crippen molar-refractivity contribution in [3.8, 4) is 0 Å². The van der Waals surface area contributed by atoms with Gasteiger partial charge in [-0.05, 0) is 17.7 Å². The molecule has 0 aromatic heterocycles. The lowest BCUT2D eigenvalue weighted by molar-refractivity contribution is 0.591. The summed E-state index contributed by atoms with van der Waals surface area (Å²) >= 11 is 5.89. The lowest BCUT2D eigenvalue weighted by atomic mass is 10.1. The molecule has 1 aliphatic rings. The fraction of sp³-hybridized carbons (Fsp3) is 0.455. The molecule has 1 aromatic rings. The van der Waals surface area contributed by atoms with Gasteiger partial charge in [-0.2, -0.15) is 0 Å². The Morgan fingerprint density at radius 3 is 2.53 bits per heavy atom. The van der Waals surface area contributed by atoms with Crippen LogP contribution in [-0.4, -0.2) is 32.0 Å². The van der Waals surface area contributed by atoms with E-state index in [4.69, 9.17) is 23.1 Å². The molecule has 2 rings (SSSR count). The SMILES string of the molecule is CS(=O)(=O)[C@H]1[C@@H](c2cccc(Cl)c2)[C@@]1(N)CN. The number of hydrogen-bond acceptors (Lipinski definition) is 4. The molecule has 6 heteroatoms. The van der Waals surface area contributed by atoms with Gasteiger partial charge in [0.25, 0.3) is 0 Å². The van der Waals surface area contributed by atoms with Gasteiger partial charge in [-0.15, -0.1) is 0 Å². The van der Waals surface area contributed by atoms with E-state index in [0.29, 0.717) is 5.02 Å². The molecule has 0 unspecified atom stereocenters. The van der Waals surface area contributed by atoms with Crippen molar-refractivity contribution in [1.29, 1.82) is 0 Å². The molecule has 94 valence electrons. The van der Waals surface area contributed by atoms with E-state index in [1.807, 2.05) is 6.07 Å². The maximum atomic E-state index is 11.7. The molecule has 0 bridgehead atoms. The van der Waals surface area contributed by atoms with Crippen LogP contribution in [0.25, 0.3) is 0 Å². The molecule has 0 radical (unpaired) electrons. The van der Waals surface area contributed by atoms with Crippen LogP contribution in [0, 0.1) is 0 Å². The summed E-state index contributed by atoms with van der Waals surface area (Å²) in [5.74, 6) is -0.263. The van der Waals surface area contributed by atoms with E-state index in [9.17, 15) is 8.42 Å². The van der Waals surface area contributed by atoms with Crippen LogP contribution in [0.3, 0.4) is 0 Å². The summed E-state index contributed by atoms with van der Waals surface area (Å²) in [4.78, 5) is 0. The van der Waals surface area contributed by atoms with Crippen LogP contribution >= 0.6 is 11.6 Å². The molecule has 4 nitrogen and oxygen atoms in total. The van der Waals surface area contributed by atoms with Crippen LogP contribution in [0.4, 0.5) is 0 Å². The smallest absolute Gasteiger partial charge is 0.152 e. The maximum Gasteiger partial charge on any atom is 0.152 e. The Kier molecular flexibility index (Phi) is 2.98. The van der Waals surface area contributed by atoms with Gasteiger partial charge in [0, 0.05) is 23.7 Å². The molecule has 1 aromatic carbocycles. The molecule has 1 fully saturated rings. The highest BCUT2D eigenvalue weighted by Gasteiger charge is 2.67. The highest BCUT2D eigenvalue weighted by atomic mass is 35.5. The Hall–Kier alpha value is -0.620. The van der Waals surface area contributed by atoms with Gasteiger partial charge in [-0.25, -0.2) is 8.42 Å². The second kappa shape index (κ2) is 3.95. The minimum Gasteiger partial charge on any atom is -0.329 e. The minimum atomic E-state index is -3.21. The van der Waals surface area contributed by atoms with E-state index >= 15 is 0 Å². The van der Waals surface area contributed by atoms with Gasteiger partial charge in [0.2, 0.25) is 0 Å². The summed E-state index contributed by atoms with van der Waals surface area (Å²) < 4.78 is 23.3. The van der Waals surface area contributed by atoms with Gasteiger partial charge in [-0.3, -0.25) is 0 Å². The predicted octanol–water partition coefficient (Wildman–Crippen LogP) is 0.507. The molecule has 0 amide bonds. The third-order valence-corrected chi connectivity index (χ3v) is 5.19. The first-order valence-electron chi connectivity index (χ1n) is 5.24. The second-order valence-corrected chi connectivity index (χ2v) is 7.20. The highest BCUT2D eigenvalue weighted by molar-refractivity contribution is 7.91. The minimum absolute atomic E-state index is 0.141. The molecule has 17 heavy (non-hydrogen) atoms. The number of benzene rings is 1. The van der Waals surface area contributed by atoms with E-state index in [1.54, 1.807) is 18.2 Å². The van der Waals surface area contributed by atoms with Crippen molar-refractivity contribution >= 4 is 21.4 Å². The first kappa shape index (κ1) is 12.8. The summed E-state index contributed by atoms with van der Waals surface area (Å²) in [5, 5.41) is -0.0421. The average molecular weight is 275 g/mol. The summed E-state index contributed by atoms with van der Waals surface area (Å²) in [5.41, 5.74) is 11.6. The summed E-state index contributed by atoms with van der Waals surface area (Å²) in [6.45, 7) is 0.141. The molecule has 1 saturated carbocycles. The van der Waals surface area contributed by atoms with Crippen LogP contribution in [0.5, 0.6) is 0 Å². The van der Waals surface area contributed by atoms with Gasteiger partial charge >= 0.3 is 0 Å². The zero-order valence-electron chi connectivity index (χ0n) is 9.43. The Morgan fingerprint density at radius 2 is 2.12 bits per heavy atom. The number of hydrogen-bond donors (Lipinski definition) is 2. The summed E-state index contributed by atoms with van der Waals surface area (Å²) in [6, 6.07) is 7.10. The maximum absolute atomic E-state index is 11.7. The molecule has 0 aliphatic heterocycles. The van der Waals surface area contributed by atoms with Crippen molar-refractivity contribution in [2.45, 2.75) is 16.7 Å². The zero-order chi connectivity index (χ0) is 12.8. The average Bonchev–Trinajstić information content (AvgIpc) is 2.86. The standard InChI is InChI=1S/C11H15ClN2O2S/c1-17(15,16)10-9(11(10,14)6-13)7-3-2-4-8(12)5-7/h2-5,9-10H,6,13-14H2,1H3/t9-,10+,11+/m1/s1. The predicted molar refractivity (Wildman–Crippen MR) is 68.8 cm³/mol. The van der Waals surface area contributed by atoms with Gasteiger partial charge in [0.05, 0.1) is 10.8 Å². The van der Waals surface area contributed by atoms with Crippen molar-refractivity contribution in [1.82, 2.24) is 0 Å². The lowest BCUT2D eigenvalue weighted by Gasteiger charge is -2.07. The number of halogens is 1. The van der Waals surface area contributed by atoms with Gasteiger partial charge < -0.3 is 11.5 Å². The third kappa shape index (κ3) is 2.08. The van der Waals surface area contributed by atoms with Crippen molar-refractivity contribution in [2.24, 2.45) is 11.5 Å². The van der Waals surface area contributed by atoms with Gasteiger partial charge in [0.1, 0.15) is 0 Å². The highest BCUT2D eigenvalue weighted by Crippen LogP contribution is 2.53. The Morgan fingerprint density at radius 1 is 1.47 bits per heavy atom. The van der Waals surface area contributed by atoms with Crippen molar-refractivity contribution in [3.05, 3.63) is 34.9 Å². The van der Waals surface area contributed by atoms with E-state index in [1.165, 1.54) is 6.26 Å². The van der Waals surface area contributed by atoms with Crippen molar-refractivity contribution < 1.29 is 8.42 Å². The molecule has 0 spiro atoms. The van der Waals surface area contributed by atoms with E-state index < -0.39 is 20.6 Å². The molecular formula is C11H15ClN2O2S. The Balaban J connectivity index is 2.41. The Bertz CT molecular complexity index is 546. The topological polar surface area (TPSA) is 86.2 Å². The fourth-order valence-corrected chi connectivity index (χ4v) is 4.56. The Labute approximate surface area is 106 Å². The molecule has 4 N–H and O–H groups in total. The van der Waals surface area contributed by atoms with E-state index in [-0.39, 0.29) is 12.5 Å². The lowest BCUT2D eigenvalue weighted by Crippen LogP contribution is -2.38. The first-order valence-corrected chi connectivity index (χ1v) is 7.57. The second-order valence-electron chi connectivity index (χ2n) is 4.60. The number of rotatable bonds is 3. The largest absolute Gasteiger partial charge is 0.329 e. The van der Waals surface area contributed by atoms with Crippen molar-refractivity contribution in [3.63, 3.8) is 0 Å². The van der Waals surface area contributed by atoms with Crippen molar-refractivity contribution in [2.75, 3.05) is 12.8 Å². The normalized spacial score (nSPS) is 32.5. The molecular weight excluding hydrogens is 260 g/mol. The summed E-state index contributed by atoms with van der Waals surface area (Å²) in [7, 11) is -3.21. The van der Waals surface area contributed by atoms with Crippen LogP contribution in [0.15, 0.2) is 24.3 Å². The first-order chi connectivity index (χ1) is 7.80. The van der Waals surface area contributed by atoms with Crippen LogP contribution < -0.4 is 11.5 Å². The molecule has 0 heterocycles. The molecule has 0 saturated heterocycles. The third-order valence-electron chi connectivity index (χ3n) is 3.32.